The highest BCUT2D eigenvalue weighted by atomic mass is 32.2. The number of ketones is 2. The number of carbonyl (C=O) groups is 2. The summed E-state index contributed by atoms with van der Waals surface area (Å²) >= 11 is 2.71. The molecule has 1 aliphatic carbocycles. The summed E-state index contributed by atoms with van der Waals surface area (Å²) in [5, 5.41) is 0. The van der Waals surface area contributed by atoms with Crippen LogP contribution in [0.5, 0.6) is 0 Å². The van der Waals surface area contributed by atoms with Crippen LogP contribution in [0.1, 0.15) is 31.8 Å². The molecule has 2 aromatic rings. The predicted octanol–water partition coefficient (Wildman–Crippen LogP) is 2.23. The molecule has 0 amide bonds. The van der Waals surface area contributed by atoms with E-state index in [4.69, 9.17) is 22.9 Å². The van der Waals surface area contributed by atoms with Gasteiger partial charge in [0.15, 0.2) is 11.6 Å². The van der Waals surface area contributed by atoms with Crippen LogP contribution in [0.15, 0.2) is 21.9 Å². The molecule has 0 saturated carbocycles. The van der Waals surface area contributed by atoms with Gasteiger partial charge in [0.05, 0.1) is 33.6 Å². The van der Waals surface area contributed by atoms with Crippen LogP contribution in [-0.2, 0) is 0 Å². The largest absolute Gasteiger partial charge is 0.398 e. The Balaban J connectivity index is 2.43. The van der Waals surface area contributed by atoms with Crippen molar-refractivity contribution in [3.05, 3.63) is 34.4 Å². The van der Waals surface area contributed by atoms with Gasteiger partial charge in [-0.25, -0.2) is 0 Å². The minimum atomic E-state index is -0.420. The summed E-state index contributed by atoms with van der Waals surface area (Å²) in [5.41, 5.74) is 25.6. The van der Waals surface area contributed by atoms with Crippen LogP contribution in [0.3, 0.4) is 0 Å². The maximum Gasteiger partial charge on any atom is 0.198 e. The lowest BCUT2D eigenvalue weighted by Crippen LogP contribution is -2.26. The van der Waals surface area contributed by atoms with E-state index in [0.29, 0.717) is 9.79 Å². The van der Waals surface area contributed by atoms with Gasteiger partial charge in [-0.15, -0.1) is 23.5 Å². The molecule has 8 N–H and O–H groups in total. The first kappa shape index (κ1) is 16.5. The summed E-state index contributed by atoms with van der Waals surface area (Å²) in [4.78, 5) is 27.3. The second kappa shape index (κ2) is 5.64. The molecule has 2 aromatic carbocycles. The highest BCUT2D eigenvalue weighted by Gasteiger charge is 2.37. The number of benzene rings is 2. The van der Waals surface area contributed by atoms with Crippen molar-refractivity contribution in [1.29, 1.82) is 0 Å². The zero-order valence-corrected chi connectivity index (χ0v) is 14.7. The Morgan fingerprint density at radius 3 is 1.29 bits per heavy atom. The quantitative estimate of drug-likeness (QED) is 0.403. The fourth-order valence-electron chi connectivity index (χ4n) is 2.94. The van der Waals surface area contributed by atoms with Crippen molar-refractivity contribution in [2.45, 2.75) is 9.79 Å². The van der Waals surface area contributed by atoms with Gasteiger partial charge in [0.1, 0.15) is 0 Å². The first-order valence-electron chi connectivity index (χ1n) is 6.94. The maximum absolute atomic E-state index is 13.0. The molecule has 0 radical (unpaired) electrons. The van der Waals surface area contributed by atoms with E-state index in [-0.39, 0.29) is 45.0 Å². The molecule has 124 valence electrons. The maximum atomic E-state index is 13.0. The lowest BCUT2D eigenvalue weighted by molar-refractivity contribution is 0.0981. The zero-order valence-electron chi connectivity index (χ0n) is 13.1. The molecule has 0 spiro atoms. The number of nitrogen functional groups attached to an aromatic ring is 4. The molecule has 0 atom stereocenters. The fraction of sp³-hybridized carbons (Fsp3) is 0.125. The van der Waals surface area contributed by atoms with Crippen molar-refractivity contribution < 1.29 is 9.59 Å². The van der Waals surface area contributed by atoms with Crippen LogP contribution in [0.2, 0.25) is 0 Å². The van der Waals surface area contributed by atoms with Gasteiger partial charge in [0.2, 0.25) is 0 Å². The molecule has 3 rings (SSSR count). The standard InChI is InChI=1S/C16H16N4O2S2/c1-23-7-3-5(17)9-11(13(7)19)15(21)10-6(18)4-8(24-2)14(20)12(10)16(9)22/h3-4H,17-20H2,1-2H3. The van der Waals surface area contributed by atoms with Gasteiger partial charge in [-0.1, -0.05) is 0 Å². The van der Waals surface area contributed by atoms with Crippen LogP contribution in [0, 0.1) is 0 Å². The number of nitrogens with two attached hydrogens (primary N) is 4. The Hall–Kier alpha value is -2.32. The molecule has 0 unspecified atom stereocenters. The Morgan fingerprint density at radius 1 is 0.667 bits per heavy atom. The lowest BCUT2D eigenvalue weighted by Gasteiger charge is -2.25. The third kappa shape index (κ3) is 2.06. The topological polar surface area (TPSA) is 138 Å². The molecule has 0 heterocycles. The lowest BCUT2D eigenvalue weighted by atomic mass is 9.81. The molecule has 0 fully saturated rings. The van der Waals surface area contributed by atoms with E-state index < -0.39 is 11.6 Å². The van der Waals surface area contributed by atoms with Crippen LogP contribution < -0.4 is 22.9 Å². The minimum absolute atomic E-state index is 0.104. The Labute approximate surface area is 147 Å². The Bertz CT molecular complexity index is 850. The van der Waals surface area contributed by atoms with Gasteiger partial charge in [-0.05, 0) is 24.6 Å². The predicted molar refractivity (Wildman–Crippen MR) is 101 cm³/mol. The average Bonchev–Trinajstić information content (AvgIpc) is 2.55. The van der Waals surface area contributed by atoms with Crippen molar-refractivity contribution in [1.82, 2.24) is 0 Å². The third-order valence-corrected chi connectivity index (χ3v) is 5.62. The van der Waals surface area contributed by atoms with Gasteiger partial charge in [0.25, 0.3) is 0 Å². The normalized spacial score (nSPS) is 12.9. The second-order valence-corrected chi connectivity index (χ2v) is 7.02. The summed E-state index contributed by atoms with van der Waals surface area (Å²) < 4.78 is 0. The summed E-state index contributed by atoms with van der Waals surface area (Å²) in [6.45, 7) is 0. The summed E-state index contributed by atoms with van der Waals surface area (Å²) in [6, 6.07) is 3.21. The third-order valence-electron chi connectivity index (χ3n) is 4.07. The summed E-state index contributed by atoms with van der Waals surface area (Å²) in [5.74, 6) is -0.840. The minimum Gasteiger partial charge on any atom is -0.398 e. The second-order valence-electron chi connectivity index (χ2n) is 5.32. The first-order valence-corrected chi connectivity index (χ1v) is 9.39. The number of carbonyl (C=O) groups excluding carboxylic acids is 2. The van der Waals surface area contributed by atoms with E-state index >= 15 is 0 Å². The molecule has 0 bridgehead atoms. The van der Waals surface area contributed by atoms with Crippen molar-refractivity contribution in [2.24, 2.45) is 0 Å². The van der Waals surface area contributed by atoms with Crippen LogP contribution >= 0.6 is 23.5 Å². The van der Waals surface area contributed by atoms with Crippen molar-refractivity contribution in [3.8, 4) is 0 Å². The number of thioether (sulfide) groups is 2. The van der Waals surface area contributed by atoms with Gasteiger partial charge in [-0.2, -0.15) is 0 Å². The average molecular weight is 360 g/mol. The van der Waals surface area contributed by atoms with Crippen molar-refractivity contribution >= 4 is 57.8 Å². The SMILES string of the molecule is CSc1cc(N)c2c(c1N)C(=O)c1c(N)cc(SC)c(N)c1C2=O. The first-order chi connectivity index (χ1) is 11.3. The van der Waals surface area contributed by atoms with E-state index in [1.54, 1.807) is 12.1 Å². The van der Waals surface area contributed by atoms with E-state index in [1.807, 2.05) is 12.5 Å². The highest BCUT2D eigenvalue weighted by Crippen LogP contribution is 2.44. The van der Waals surface area contributed by atoms with Crippen molar-refractivity contribution in [3.63, 3.8) is 0 Å². The highest BCUT2D eigenvalue weighted by molar-refractivity contribution is 7.99. The monoisotopic (exact) mass is 360 g/mol. The molecule has 0 aromatic heterocycles. The number of fused-ring (bicyclic) bond motifs is 2. The van der Waals surface area contributed by atoms with E-state index in [2.05, 4.69) is 0 Å². The number of anilines is 4. The van der Waals surface area contributed by atoms with Crippen LogP contribution in [0.4, 0.5) is 22.7 Å². The Kier molecular flexibility index (Phi) is 3.89. The van der Waals surface area contributed by atoms with Gasteiger partial charge in [-0.3, -0.25) is 9.59 Å². The molecule has 6 nitrogen and oxygen atoms in total. The van der Waals surface area contributed by atoms with E-state index in [1.165, 1.54) is 23.5 Å². The number of rotatable bonds is 2. The molecule has 8 heteroatoms. The Morgan fingerprint density at radius 2 is 1.00 bits per heavy atom. The fourth-order valence-corrected chi connectivity index (χ4v) is 4.07. The molecule has 1 aliphatic rings. The van der Waals surface area contributed by atoms with Crippen molar-refractivity contribution in [2.75, 3.05) is 35.4 Å². The van der Waals surface area contributed by atoms with E-state index in [0.717, 1.165) is 0 Å². The molecule has 24 heavy (non-hydrogen) atoms. The zero-order chi connectivity index (χ0) is 17.8. The van der Waals surface area contributed by atoms with Gasteiger partial charge >= 0.3 is 0 Å². The molecule has 0 aliphatic heterocycles. The number of hydrogen-bond donors (Lipinski definition) is 4. The summed E-state index contributed by atoms with van der Waals surface area (Å²) in [7, 11) is 0. The van der Waals surface area contributed by atoms with E-state index in [9.17, 15) is 9.59 Å². The smallest absolute Gasteiger partial charge is 0.198 e. The molecular weight excluding hydrogens is 344 g/mol. The van der Waals surface area contributed by atoms with Crippen LogP contribution in [-0.4, -0.2) is 24.1 Å². The van der Waals surface area contributed by atoms with Crippen LogP contribution in [0.25, 0.3) is 0 Å². The van der Waals surface area contributed by atoms with Gasteiger partial charge < -0.3 is 22.9 Å². The number of hydrogen-bond acceptors (Lipinski definition) is 8. The molecular formula is C16H16N4O2S2. The summed E-state index contributed by atoms with van der Waals surface area (Å²) in [6.07, 6.45) is 3.63. The molecule has 0 saturated heterocycles. The van der Waals surface area contributed by atoms with Gasteiger partial charge in [0, 0.05) is 21.2 Å².